The van der Waals surface area contributed by atoms with Gasteiger partial charge in [0.15, 0.2) is 0 Å². The summed E-state index contributed by atoms with van der Waals surface area (Å²) in [4.78, 5) is 41.6. The van der Waals surface area contributed by atoms with Gasteiger partial charge in [-0.05, 0) is 44.7 Å². The summed E-state index contributed by atoms with van der Waals surface area (Å²) in [6, 6.07) is 16.5. The largest absolute Gasteiger partial charge is 0.480 e. The fourth-order valence-corrected chi connectivity index (χ4v) is 4.22. The van der Waals surface area contributed by atoms with Crippen LogP contribution in [0.3, 0.4) is 0 Å². The van der Waals surface area contributed by atoms with Gasteiger partial charge < -0.3 is 14.7 Å². The smallest absolute Gasteiger partial charge is 0.410 e. The van der Waals surface area contributed by atoms with Crippen LogP contribution < -0.4 is 0 Å². The molecule has 7 heteroatoms. The molecule has 3 rings (SSSR count). The van der Waals surface area contributed by atoms with Gasteiger partial charge in [-0.1, -0.05) is 60.7 Å². The molecular weight excluding hydrogens is 420 g/mol. The molecule has 0 aliphatic carbocycles. The van der Waals surface area contributed by atoms with Crippen molar-refractivity contribution >= 4 is 18.0 Å². The Morgan fingerprint density at radius 3 is 2.06 bits per heavy atom. The monoisotopic (exact) mass is 453 g/mol. The maximum Gasteiger partial charge on any atom is 0.410 e. The van der Waals surface area contributed by atoms with Gasteiger partial charge in [-0.25, -0.2) is 9.59 Å². The number of nitrogens with zero attached hydrogens (tertiary/aromatic N) is 2. The highest BCUT2D eigenvalue weighted by atomic mass is 16.6. The van der Waals surface area contributed by atoms with E-state index in [2.05, 4.69) is 0 Å². The first-order chi connectivity index (χ1) is 16.1. The zero-order chi connectivity index (χ0) is 24.9. The number of amides is 2. The Morgan fingerprint density at radius 2 is 1.61 bits per heavy atom. The molecular formula is C26H32N2O5. The standard InChI is InChI=1S/C26H32N2O5/c1-26(2,3)33-25(32)27(4)22(23(29)28-17-11-16-20(28)24(30)31)21(18-12-7-5-8-13-18)19-14-9-6-10-15-19/h5-10,12-15,20-22H,11,16-17H2,1-4H3,(H,30,31)/t20-,22-/m0/s1/i4D. The molecule has 2 aromatic rings. The van der Waals surface area contributed by atoms with Gasteiger partial charge in [0, 0.05) is 20.9 Å². The van der Waals surface area contributed by atoms with Gasteiger partial charge in [0.25, 0.3) is 0 Å². The Hall–Kier alpha value is -3.35. The van der Waals surface area contributed by atoms with E-state index in [0.29, 0.717) is 12.8 Å². The van der Waals surface area contributed by atoms with Crippen molar-refractivity contribution in [2.75, 3.05) is 13.6 Å². The number of hydrogen-bond acceptors (Lipinski definition) is 4. The second-order valence-electron chi connectivity index (χ2n) is 9.22. The molecule has 0 saturated carbocycles. The normalized spacial score (nSPS) is 17.4. The number of rotatable bonds is 6. The SMILES string of the molecule is [2H]CN(C(=O)OC(C)(C)C)[C@H](C(=O)N1CCC[C@H]1C(=O)O)C(c1ccccc1)c1ccccc1. The van der Waals surface area contributed by atoms with E-state index in [1.165, 1.54) is 4.90 Å². The zero-order valence-corrected chi connectivity index (χ0v) is 19.3. The number of carboxylic acids is 1. The van der Waals surface area contributed by atoms with E-state index in [4.69, 9.17) is 6.11 Å². The van der Waals surface area contributed by atoms with Gasteiger partial charge in [0.2, 0.25) is 5.91 Å². The third kappa shape index (κ3) is 5.72. The van der Waals surface area contributed by atoms with Crippen molar-refractivity contribution in [1.29, 1.82) is 0 Å². The van der Waals surface area contributed by atoms with E-state index in [0.717, 1.165) is 16.0 Å². The van der Waals surface area contributed by atoms with Crippen LogP contribution in [0.2, 0.25) is 0 Å². The fraction of sp³-hybridized carbons (Fsp3) is 0.423. The van der Waals surface area contributed by atoms with Gasteiger partial charge in [-0.2, -0.15) is 0 Å². The molecule has 0 bridgehead atoms. The number of hydrogen-bond donors (Lipinski definition) is 1. The quantitative estimate of drug-likeness (QED) is 0.711. The topological polar surface area (TPSA) is 87.2 Å². The minimum absolute atomic E-state index is 0.281. The fourth-order valence-electron chi connectivity index (χ4n) is 4.22. The molecule has 1 heterocycles. The van der Waals surface area contributed by atoms with Gasteiger partial charge in [-0.3, -0.25) is 9.69 Å². The first kappa shape index (κ1) is 22.8. The Kier molecular flexibility index (Phi) is 6.96. The lowest BCUT2D eigenvalue weighted by atomic mass is 9.83. The molecule has 1 aliphatic heterocycles. The van der Waals surface area contributed by atoms with E-state index in [-0.39, 0.29) is 6.54 Å². The molecule has 7 nitrogen and oxygen atoms in total. The zero-order valence-electron chi connectivity index (χ0n) is 20.3. The number of benzene rings is 2. The van der Waals surface area contributed by atoms with Crippen LogP contribution in [-0.4, -0.2) is 64.1 Å². The molecule has 0 aromatic heterocycles. The minimum atomic E-state index is -1.16. The van der Waals surface area contributed by atoms with Crippen molar-refractivity contribution in [3.05, 3.63) is 71.8 Å². The molecule has 1 saturated heterocycles. The van der Waals surface area contributed by atoms with E-state index in [1.54, 1.807) is 20.8 Å². The lowest BCUT2D eigenvalue weighted by Gasteiger charge is -2.38. The Bertz CT molecular complexity index is 954. The summed E-state index contributed by atoms with van der Waals surface area (Å²) >= 11 is 0. The lowest BCUT2D eigenvalue weighted by molar-refractivity contribution is -0.150. The summed E-state index contributed by atoms with van der Waals surface area (Å²) in [5.74, 6) is -2.20. The summed E-state index contributed by atoms with van der Waals surface area (Å²) < 4.78 is 13.7. The van der Waals surface area contributed by atoms with Crippen molar-refractivity contribution in [2.24, 2.45) is 0 Å². The number of ether oxygens (including phenoxy) is 1. The number of likely N-dealkylation sites (tertiary alicyclic amines) is 1. The minimum Gasteiger partial charge on any atom is -0.480 e. The van der Waals surface area contributed by atoms with E-state index in [9.17, 15) is 19.5 Å². The number of likely N-dealkylation sites (N-methyl/N-ethyl adjacent to an activating group) is 1. The molecule has 0 radical (unpaired) electrons. The van der Waals surface area contributed by atoms with Crippen molar-refractivity contribution < 1.29 is 25.6 Å². The first-order valence-corrected chi connectivity index (χ1v) is 11.1. The van der Waals surface area contributed by atoms with Crippen molar-refractivity contribution in [3.63, 3.8) is 0 Å². The van der Waals surface area contributed by atoms with Crippen LogP contribution >= 0.6 is 0 Å². The van der Waals surface area contributed by atoms with Crippen molar-refractivity contribution in [2.45, 2.75) is 57.2 Å². The van der Waals surface area contributed by atoms with Crippen molar-refractivity contribution in [3.8, 4) is 0 Å². The molecule has 176 valence electrons. The number of aliphatic carboxylic acids is 1. The molecule has 1 fully saturated rings. The van der Waals surface area contributed by atoms with Crippen molar-refractivity contribution in [1.82, 2.24) is 9.80 Å². The predicted molar refractivity (Wildman–Crippen MR) is 125 cm³/mol. The summed E-state index contributed by atoms with van der Waals surface area (Å²) in [6.45, 7) is 5.44. The molecule has 0 spiro atoms. The maximum absolute atomic E-state index is 14.0. The second-order valence-corrected chi connectivity index (χ2v) is 9.22. The van der Waals surface area contributed by atoms with Gasteiger partial charge in [0.05, 0.1) is 0 Å². The van der Waals surface area contributed by atoms with Crippen LogP contribution in [0.4, 0.5) is 4.79 Å². The number of carbonyl (C=O) groups excluding carboxylic acids is 2. The lowest BCUT2D eigenvalue weighted by Crippen LogP contribution is -2.55. The van der Waals surface area contributed by atoms with Gasteiger partial charge >= 0.3 is 12.1 Å². The van der Waals surface area contributed by atoms with Gasteiger partial charge in [-0.15, -0.1) is 0 Å². The molecule has 2 atom stereocenters. The van der Waals surface area contributed by atoms with Crippen LogP contribution in [0.25, 0.3) is 0 Å². The van der Waals surface area contributed by atoms with Crippen LogP contribution in [0.15, 0.2) is 60.7 Å². The van der Waals surface area contributed by atoms with Crippen LogP contribution in [0, 0.1) is 0 Å². The summed E-state index contributed by atoms with van der Waals surface area (Å²) in [7, 11) is -0.521. The van der Waals surface area contributed by atoms with E-state index >= 15 is 0 Å². The highest BCUT2D eigenvalue weighted by Gasteiger charge is 2.44. The molecule has 33 heavy (non-hydrogen) atoms. The number of carbonyl (C=O) groups is 3. The third-order valence-corrected chi connectivity index (χ3v) is 5.67. The Labute approximate surface area is 196 Å². The molecule has 0 unspecified atom stereocenters. The molecule has 1 N–H and O–H groups in total. The third-order valence-electron chi connectivity index (χ3n) is 5.67. The van der Waals surface area contributed by atoms with Gasteiger partial charge in [0.1, 0.15) is 17.7 Å². The van der Waals surface area contributed by atoms with E-state index in [1.807, 2.05) is 60.7 Å². The van der Waals surface area contributed by atoms with Crippen LogP contribution in [0.5, 0.6) is 0 Å². The highest BCUT2D eigenvalue weighted by Crippen LogP contribution is 2.34. The molecule has 1 aliphatic rings. The predicted octanol–water partition coefficient (Wildman–Crippen LogP) is 4.13. The molecule has 2 amide bonds. The number of carboxylic acid groups (broad SMARTS) is 1. The van der Waals surface area contributed by atoms with E-state index < -0.39 is 48.6 Å². The maximum atomic E-state index is 14.0. The van der Waals surface area contributed by atoms with Crippen LogP contribution in [0.1, 0.15) is 52.0 Å². The average Bonchev–Trinajstić information content (AvgIpc) is 3.29. The second kappa shape index (κ2) is 10.1. The first-order valence-electron chi connectivity index (χ1n) is 11.8. The highest BCUT2D eigenvalue weighted by molar-refractivity contribution is 5.91. The summed E-state index contributed by atoms with van der Waals surface area (Å²) in [6.07, 6.45) is 0.121. The summed E-state index contributed by atoms with van der Waals surface area (Å²) in [5, 5.41) is 9.71. The Morgan fingerprint density at radius 1 is 1.06 bits per heavy atom. The average molecular weight is 454 g/mol. The molecule has 2 aromatic carbocycles. The summed E-state index contributed by atoms with van der Waals surface area (Å²) in [5.41, 5.74) is 0.727. The Balaban J connectivity index is 2.16. The van der Waals surface area contributed by atoms with Crippen LogP contribution in [-0.2, 0) is 14.3 Å².